The van der Waals surface area contributed by atoms with Gasteiger partial charge in [0.15, 0.2) is 0 Å². The number of nitrogens with zero attached hydrogens (tertiary/aromatic N) is 1. The fraction of sp³-hybridized carbons (Fsp3) is 0.444. The van der Waals surface area contributed by atoms with Gasteiger partial charge in [0.05, 0.1) is 0 Å². The van der Waals surface area contributed by atoms with E-state index in [1.165, 1.54) is 0 Å². The minimum atomic E-state index is -0.759. The summed E-state index contributed by atoms with van der Waals surface area (Å²) in [5, 5.41) is 8.94. The van der Waals surface area contributed by atoms with Crippen LogP contribution in [0.5, 0.6) is 0 Å². The van der Waals surface area contributed by atoms with Gasteiger partial charge in [-0.2, -0.15) is 11.8 Å². The molecule has 0 aliphatic carbocycles. The lowest BCUT2D eigenvalue weighted by atomic mass is 10.2. The van der Waals surface area contributed by atoms with E-state index in [1.807, 2.05) is 18.4 Å². The quantitative estimate of drug-likeness (QED) is 0.787. The lowest BCUT2D eigenvalue weighted by Gasteiger charge is -2.13. The van der Waals surface area contributed by atoms with E-state index < -0.39 is 12.0 Å². The monoisotopic (exact) mass is 199 g/mol. The van der Waals surface area contributed by atoms with E-state index in [2.05, 4.69) is 0 Å². The molecular weight excluding hydrogens is 186 g/mol. The van der Waals surface area contributed by atoms with Crippen LogP contribution in [-0.2, 0) is 4.79 Å². The van der Waals surface area contributed by atoms with Crippen molar-refractivity contribution in [2.24, 2.45) is 0 Å². The third-order valence-electron chi connectivity index (χ3n) is 1.87. The Morgan fingerprint density at radius 2 is 2.15 bits per heavy atom. The zero-order valence-electron chi connectivity index (χ0n) is 7.51. The van der Waals surface area contributed by atoms with Gasteiger partial charge in [0.1, 0.15) is 6.04 Å². The maximum Gasteiger partial charge on any atom is 0.326 e. The van der Waals surface area contributed by atoms with Crippen molar-refractivity contribution in [1.29, 1.82) is 0 Å². The van der Waals surface area contributed by atoms with Crippen molar-refractivity contribution in [3.05, 3.63) is 24.5 Å². The molecule has 0 aliphatic rings. The molecular formula is C9H13NO2S. The highest BCUT2D eigenvalue weighted by Gasteiger charge is 2.17. The second-order valence-electron chi connectivity index (χ2n) is 2.77. The van der Waals surface area contributed by atoms with Gasteiger partial charge < -0.3 is 9.67 Å². The van der Waals surface area contributed by atoms with Gasteiger partial charge in [-0.25, -0.2) is 4.79 Å². The van der Waals surface area contributed by atoms with Crippen LogP contribution in [-0.4, -0.2) is 27.7 Å². The largest absolute Gasteiger partial charge is 0.480 e. The highest BCUT2D eigenvalue weighted by Crippen LogP contribution is 2.14. The molecule has 0 amide bonds. The minimum Gasteiger partial charge on any atom is -0.480 e. The molecule has 1 unspecified atom stereocenters. The lowest BCUT2D eigenvalue weighted by Crippen LogP contribution is -2.18. The summed E-state index contributed by atoms with van der Waals surface area (Å²) in [5.41, 5.74) is 0. The molecule has 13 heavy (non-hydrogen) atoms. The van der Waals surface area contributed by atoms with Gasteiger partial charge >= 0.3 is 5.97 Å². The Hall–Kier alpha value is -0.900. The van der Waals surface area contributed by atoms with Crippen molar-refractivity contribution in [1.82, 2.24) is 4.57 Å². The number of aliphatic carboxylic acids is 1. The second-order valence-corrected chi connectivity index (χ2v) is 3.75. The van der Waals surface area contributed by atoms with Gasteiger partial charge in [-0.3, -0.25) is 0 Å². The molecule has 1 rings (SSSR count). The van der Waals surface area contributed by atoms with E-state index in [4.69, 9.17) is 5.11 Å². The standard InChI is InChI=1S/C9H13NO2S/c1-13-7-4-8(9(11)12)10-5-2-3-6-10/h2-3,5-6,8H,4,7H2,1H3,(H,11,12). The molecule has 3 nitrogen and oxygen atoms in total. The maximum atomic E-state index is 10.9. The molecule has 1 aromatic rings. The first-order chi connectivity index (χ1) is 6.25. The lowest BCUT2D eigenvalue weighted by molar-refractivity contribution is -0.140. The molecule has 0 aliphatic heterocycles. The van der Waals surface area contributed by atoms with Gasteiger partial charge in [0.2, 0.25) is 0 Å². The number of thioether (sulfide) groups is 1. The Labute approximate surface area is 81.8 Å². The van der Waals surface area contributed by atoms with Crippen molar-refractivity contribution in [3.63, 3.8) is 0 Å². The summed E-state index contributed by atoms with van der Waals surface area (Å²) >= 11 is 1.67. The van der Waals surface area contributed by atoms with Crippen LogP contribution in [0, 0.1) is 0 Å². The normalized spacial score (nSPS) is 12.7. The molecule has 0 saturated heterocycles. The first kappa shape index (κ1) is 10.2. The van der Waals surface area contributed by atoms with Crippen LogP contribution < -0.4 is 0 Å². The predicted molar refractivity (Wildman–Crippen MR) is 54.1 cm³/mol. The summed E-state index contributed by atoms with van der Waals surface area (Å²) in [6, 6.07) is 3.27. The van der Waals surface area contributed by atoms with E-state index in [9.17, 15) is 4.79 Å². The number of carboxylic acid groups (broad SMARTS) is 1. The molecule has 0 aromatic carbocycles. The fourth-order valence-corrected chi connectivity index (χ4v) is 1.64. The predicted octanol–water partition coefficient (Wildman–Crippen LogP) is 1.87. The van der Waals surface area contributed by atoms with Crippen molar-refractivity contribution < 1.29 is 9.90 Å². The summed E-state index contributed by atoms with van der Waals surface area (Å²) in [6.45, 7) is 0. The van der Waals surface area contributed by atoms with Crippen LogP contribution in [0.1, 0.15) is 12.5 Å². The number of rotatable bonds is 5. The third kappa shape index (κ3) is 2.81. The maximum absolute atomic E-state index is 10.9. The first-order valence-electron chi connectivity index (χ1n) is 4.10. The number of carboxylic acids is 1. The van der Waals surface area contributed by atoms with Crippen LogP contribution in [0.4, 0.5) is 0 Å². The molecule has 1 aromatic heterocycles. The Morgan fingerprint density at radius 3 is 2.62 bits per heavy atom. The minimum absolute atomic E-state index is 0.414. The topological polar surface area (TPSA) is 42.2 Å². The van der Waals surface area contributed by atoms with Gasteiger partial charge in [-0.15, -0.1) is 0 Å². The summed E-state index contributed by atoms with van der Waals surface area (Å²) in [6.07, 6.45) is 6.23. The smallest absolute Gasteiger partial charge is 0.326 e. The van der Waals surface area contributed by atoms with Gasteiger partial charge in [0.25, 0.3) is 0 Å². The Morgan fingerprint density at radius 1 is 1.54 bits per heavy atom. The van der Waals surface area contributed by atoms with Crippen LogP contribution in [0.3, 0.4) is 0 Å². The molecule has 1 heterocycles. The van der Waals surface area contributed by atoms with E-state index in [-0.39, 0.29) is 0 Å². The molecule has 0 fully saturated rings. The molecule has 4 heteroatoms. The zero-order valence-corrected chi connectivity index (χ0v) is 8.33. The Balaban J connectivity index is 2.63. The van der Waals surface area contributed by atoms with Crippen molar-refractivity contribution in [3.8, 4) is 0 Å². The van der Waals surface area contributed by atoms with E-state index in [1.54, 1.807) is 28.7 Å². The van der Waals surface area contributed by atoms with Gasteiger partial charge in [-0.1, -0.05) is 0 Å². The molecule has 0 bridgehead atoms. The third-order valence-corrected chi connectivity index (χ3v) is 2.51. The average Bonchev–Trinajstić information content (AvgIpc) is 2.57. The number of aromatic nitrogens is 1. The molecule has 1 atom stereocenters. The Bertz CT molecular complexity index is 259. The zero-order chi connectivity index (χ0) is 9.68. The second kappa shape index (κ2) is 4.97. The van der Waals surface area contributed by atoms with Crippen LogP contribution in [0.25, 0.3) is 0 Å². The summed E-state index contributed by atoms with van der Waals surface area (Å²) in [4.78, 5) is 10.9. The summed E-state index contributed by atoms with van der Waals surface area (Å²) in [7, 11) is 0. The average molecular weight is 199 g/mol. The highest BCUT2D eigenvalue weighted by atomic mass is 32.2. The summed E-state index contributed by atoms with van der Waals surface area (Å²) in [5.74, 6) is 0.111. The molecule has 72 valence electrons. The molecule has 0 radical (unpaired) electrons. The van der Waals surface area contributed by atoms with E-state index >= 15 is 0 Å². The fourth-order valence-electron chi connectivity index (χ4n) is 1.19. The number of hydrogen-bond donors (Lipinski definition) is 1. The first-order valence-corrected chi connectivity index (χ1v) is 5.49. The van der Waals surface area contributed by atoms with Crippen molar-refractivity contribution in [2.75, 3.05) is 12.0 Å². The molecule has 0 saturated carbocycles. The van der Waals surface area contributed by atoms with E-state index in [0.29, 0.717) is 6.42 Å². The number of carbonyl (C=O) groups is 1. The molecule has 1 N–H and O–H groups in total. The van der Waals surface area contributed by atoms with Crippen LogP contribution in [0.2, 0.25) is 0 Å². The van der Waals surface area contributed by atoms with E-state index in [0.717, 1.165) is 5.75 Å². The van der Waals surface area contributed by atoms with Crippen LogP contribution in [0.15, 0.2) is 24.5 Å². The number of hydrogen-bond acceptors (Lipinski definition) is 2. The van der Waals surface area contributed by atoms with Gasteiger partial charge in [-0.05, 0) is 30.6 Å². The van der Waals surface area contributed by atoms with Gasteiger partial charge in [0, 0.05) is 12.4 Å². The van der Waals surface area contributed by atoms with Crippen molar-refractivity contribution >= 4 is 17.7 Å². The van der Waals surface area contributed by atoms with Crippen LogP contribution >= 0.6 is 11.8 Å². The SMILES string of the molecule is CSCCC(C(=O)O)n1cccc1. The highest BCUT2D eigenvalue weighted by molar-refractivity contribution is 7.98. The molecule has 0 spiro atoms. The van der Waals surface area contributed by atoms with Crippen molar-refractivity contribution in [2.45, 2.75) is 12.5 Å². The summed E-state index contributed by atoms with van der Waals surface area (Å²) < 4.78 is 1.73. The Kier molecular flexibility index (Phi) is 3.89.